The zero-order chi connectivity index (χ0) is 61.3. The van der Waals surface area contributed by atoms with Gasteiger partial charge in [0.1, 0.15) is 11.4 Å². The van der Waals surface area contributed by atoms with Crippen LogP contribution in [0.15, 0.2) is 136 Å². The van der Waals surface area contributed by atoms with Gasteiger partial charge >= 0.3 is 0 Å². The summed E-state index contributed by atoms with van der Waals surface area (Å²) < 4.78 is 6.05. The maximum absolute atomic E-state index is 5.15. The number of fused-ring (bicyclic) bond motifs is 1. The van der Waals surface area contributed by atoms with Gasteiger partial charge in [0.05, 0.1) is 26.7 Å². The Kier molecular flexibility index (Phi) is 37.9. The summed E-state index contributed by atoms with van der Waals surface area (Å²) in [6.45, 7) is 9.35. The second-order valence-corrected chi connectivity index (χ2v) is 33.0. The predicted molar refractivity (Wildman–Crippen MR) is 404 cm³/mol. The van der Waals surface area contributed by atoms with Crippen LogP contribution in [-0.2, 0) is 0 Å². The van der Waals surface area contributed by atoms with Crippen LogP contribution in [0, 0.1) is 11.8 Å². The quantitative estimate of drug-likeness (QED) is 0.0356. The number of rotatable bonds is 50. The highest BCUT2D eigenvalue weighted by Gasteiger charge is 2.34. The predicted octanol–water partition coefficient (Wildman–Crippen LogP) is 29.5. The molecule has 1 aromatic heterocycles. The molecule has 0 aliphatic carbocycles. The maximum atomic E-state index is 5.15. The number of unbranched alkanes of at least 4 members (excludes halogenated alkanes) is 32. The van der Waals surface area contributed by atoms with Gasteiger partial charge in [0, 0.05) is 22.6 Å². The van der Waals surface area contributed by atoms with Gasteiger partial charge < -0.3 is 0 Å². The largest absolute Gasteiger partial charge is 0.149 e. The van der Waals surface area contributed by atoms with Crippen LogP contribution in [0.5, 0.6) is 0 Å². The Balaban J connectivity index is 1.12. The van der Waals surface area contributed by atoms with Crippen LogP contribution in [0.25, 0.3) is 44.8 Å². The minimum absolute atomic E-state index is 0.787. The Labute approximate surface area is 564 Å². The van der Waals surface area contributed by atoms with Crippen LogP contribution in [0.2, 0.25) is 0 Å². The van der Waals surface area contributed by atoms with E-state index in [2.05, 4.69) is 184 Å². The summed E-state index contributed by atoms with van der Waals surface area (Å²) in [7, 11) is 0. The average molecular weight is 1300 g/mol. The van der Waals surface area contributed by atoms with Gasteiger partial charge in [0.15, 0.2) is 0 Å². The fraction of sp³-hybridized carbons (Fsp3) is 0.600. The molecule has 0 spiro atoms. The monoisotopic (exact) mass is 1300 g/mol. The lowest BCUT2D eigenvalue weighted by atomic mass is 9.95. The van der Waals surface area contributed by atoms with Crippen molar-refractivity contribution in [1.82, 2.24) is 10.2 Å². The van der Waals surface area contributed by atoms with E-state index in [1.807, 2.05) is 23.5 Å². The zero-order valence-electron chi connectivity index (χ0n) is 55.6. The third-order valence-electron chi connectivity index (χ3n) is 18.3. The molecule has 4 aromatic carbocycles. The van der Waals surface area contributed by atoms with Gasteiger partial charge in [0.2, 0.25) is 0 Å². The fourth-order valence-corrected chi connectivity index (χ4v) is 21.9. The number of aromatic nitrogens is 2. The minimum Gasteiger partial charge on any atom is -0.149 e. The van der Waals surface area contributed by atoms with Crippen molar-refractivity contribution >= 4 is 70.6 Å². The van der Waals surface area contributed by atoms with E-state index in [0.717, 1.165) is 34.4 Å². The van der Waals surface area contributed by atoms with Crippen molar-refractivity contribution in [2.45, 2.75) is 294 Å². The molecule has 8 heteroatoms. The molecule has 7 rings (SSSR count). The van der Waals surface area contributed by atoms with E-state index in [0.29, 0.717) is 0 Å². The lowest BCUT2D eigenvalue weighted by Gasteiger charge is -2.18. The van der Waals surface area contributed by atoms with Crippen LogP contribution in [0.4, 0.5) is 0 Å². The molecule has 5 aromatic rings. The summed E-state index contributed by atoms with van der Waals surface area (Å²) in [5.74, 6) is 4.08. The number of hydrogen-bond acceptors (Lipinski definition) is 8. The van der Waals surface area contributed by atoms with Crippen molar-refractivity contribution in [2.24, 2.45) is 11.8 Å². The molecule has 2 unspecified atom stereocenters. The first-order valence-electron chi connectivity index (χ1n) is 36.3. The van der Waals surface area contributed by atoms with Crippen molar-refractivity contribution in [1.29, 1.82) is 0 Å². The molecule has 0 radical (unpaired) electrons. The van der Waals surface area contributed by atoms with E-state index in [-0.39, 0.29) is 0 Å². The van der Waals surface area contributed by atoms with Crippen molar-refractivity contribution in [3.05, 3.63) is 126 Å². The Morgan fingerprint density at radius 3 is 0.795 bits per heavy atom. The smallest absolute Gasteiger partial charge is 0.108 e. The Morgan fingerprint density at radius 1 is 0.273 bits per heavy atom. The first-order chi connectivity index (χ1) is 43.6. The summed E-state index contributed by atoms with van der Waals surface area (Å²) in [5, 5.41) is 10.3. The fourth-order valence-electron chi connectivity index (χ4n) is 12.7. The molecule has 0 saturated heterocycles. The van der Waals surface area contributed by atoms with Crippen LogP contribution in [0.3, 0.4) is 0 Å². The number of thioether (sulfide) groups is 6. The first kappa shape index (κ1) is 73.0. The number of benzene rings is 4. The van der Waals surface area contributed by atoms with Gasteiger partial charge in [-0.05, 0) is 59.8 Å². The molecule has 0 fully saturated rings. The third-order valence-corrected chi connectivity index (χ3v) is 27.4. The van der Waals surface area contributed by atoms with Gasteiger partial charge in [0.25, 0.3) is 0 Å². The summed E-state index contributed by atoms with van der Waals surface area (Å²) in [6, 6.07) is 39.6. The van der Waals surface area contributed by atoms with Gasteiger partial charge in [-0.25, -0.2) is 0 Å². The van der Waals surface area contributed by atoms with Crippen molar-refractivity contribution in [2.75, 3.05) is 11.5 Å². The topological polar surface area (TPSA) is 25.8 Å². The molecule has 0 N–H and O–H groups in total. The van der Waals surface area contributed by atoms with Crippen LogP contribution in [0.1, 0.15) is 285 Å². The lowest BCUT2D eigenvalue weighted by molar-refractivity contribution is 0.435. The summed E-state index contributed by atoms with van der Waals surface area (Å²) >= 11 is 12.7. The summed E-state index contributed by atoms with van der Waals surface area (Å²) in [4.78, 5) is 2.50. The van der Waals surface area contributed by atoms with Crippen LogP contribution in [-0.4, -0.2) is 21.7 Å². The van der Waals surface area contributed by atoms with Crippen molar-refractivity contribution < 1.29 is 0 Å². The van der Waals surface area contributed by atoms with E-state index in [4.69, 9.17) is 10.2 Å². The van der Waals surface area contributed by atoms with E-state index in [1.165, 1.54) is 309 Å². The minimum atomic E-state index is 0.787. The molecule has 2 aliphatic rings. The molecule has 2 nitrogen and oxygen atoms in total. The molecule has 0 amide bonds. The van der Waals surface area contributed by atoms with E-state index >= 15 is 0 Å². The Bertz CT molecular complexity index is 2490. The zero-order valence-corrected chi connectivity index (χ0v) is 60.5. The molecule has 0 bridgehead atoms. The molecular weight excluding hydrogens is 1180 g/mol. The van der Waals surface area contributed by atoms with E-state index in [9.17, 15) is 0 Å². The molecular formula is C80H116N2S6. The first-order valence-corrected chi connectivity index (χ1v) is 41.5. The van der Waals surface area contributed by atoms with Crippen molar-refractivity contribution in [3.8, 4) is 44.8 Å². The second kappa shape index (κ2) is 45.8. The van der Waals surface area contributed by atoms with E-state index < -0.39 is 0 Å². The Hall–Kier alpha value is -2.46. The second-order valence-electron chi connectivity index (χ2n) is 25.8. The highest BCUT2D eigenvalue weighted by Crippen LogP contribution is 2.66. The molecule has 482 valence electrons. The average Bonchev–Trinajstić information content (AvgIpc) is 2.17. The lowest BCUT2D eigenvalue weighted by Crippen LogP contribution is -2.05. The normalized spacial score (nSPS) is 14.0. The SMILES string of the molecule is CCCCCCCCCCCCC(CCCCCCCCCC)CSC1=C(SCC(CCCCCCCCCC)CCCCCCCCCCCC)SC(=C2Sc3c(-c4ccc(-c5ccccc5)cc4)nnc(-c4ccc(-c5ccccc5)cc4)c3S2)S1. The molecule has 2 atom stereocenters. The molecule has 0 saturated carbocycles. The van der Waals surface area contributed by atoms with Crippen LogP contribution < -0.4 is 0 Å². The van der Waals surface area contributed by atoms with Gasteiger partial charge in [-0.2, -0.15) is 0 Å². The number of nitrogens with zero attached hydrogens (tertiary/aromatic N) is 2. The highest BCUT2D eigenvalue weighted by atomic mass is 32.3. The molecule has 88 heavy (non-hydrogen) atoms. The molecule has 3 heterocycles. The molecule has 2 aliphatic heterocycles. The van der Waals surface area contributed by atoms with Gasteiger partial charge in [-0.15, -0.1) is 33.7 Å². The highest BCUT2D eigenvalue weighted by molar-refractivity contribution is 8.42. The van der Waals surface area contributed by atoms with Crippen molar-refractivity contribution in [3.63, 3.8) is 0 Å². The van der Waals surface area contributed by atoms with E-state index in [1.54, 1.807) is 8.47 Å². The number of hydrogen-bond donors (Lipinski definition) is 0. The Morgan fingerprint density at radius 2 is 0.511 bits per heavy atom. The standard InChI is InChI=1S/C80H116N2S6/c1-5-9-13-17-21-25-27-31-35-41-49-65(47-39-33-29-23-19-15-11-7-3)63-83-77-78(84-64-66(48-40-34-30-24-20-16-12-8-4)50-42-36-32-28-26-22-18-14-10-6-2)88-80(87-77)79-85-75-73(71-59-55-69(56-60-71)67-51-43-37-44-52-67)81-82-74(76(75)86-79)72-61-57-70(58-62-72)68-53-45-38-46-54-68/h37-38,43-46,51-62,65-66H,5-36,39-42,47-50,63-64H2,1-4H3. The third kappa shape index (κ3) is 27.2. The summed E-state index contributed by atoms with van der Waals surface area (Å²) in [6.07, 6.45) is 56.3. The van der Waals surface area contributed by atoms with Crippen LogP contribution >= 0.6 is 70.6 Å². The van der Waals surface area contributed by atoms with Gasteiger partial charge in [-0.1, -0.05) is 415 Å². The maximum Gasteiger partial charge on any atom is 0.108 e. The van der Waals surface area contributed by atoms with Gasteiger partial charge in [-0.3, -0.25) is 0 Å². The summed E-state index contributed by atoms with van der Waals surface area (Å²) in [5.41, 5.74) is 9.15.